The summed E-state index contributed by atoms with van der Waals surface area (Å²) in [5, 5.41) is 6.95. The van der Waals surface area contributed by atoms with E-state index in [1.165, 1.54) is 12.1 Å². The van der Waals surface area contributed by atoms with E-state index in [1.54, 1.807) is 37.7 Å². The number of likely N-dealkylation sites (tertiary alicyclic amines) is 1. The predicted octanol–water partition coefficient (Wildman–Crippen LogP) is 4.38. The molecule has 5 rings (SSSR count). The number of nitrogens with one attached hydrogen (secondary N) is 1. The van der Waals surface area contributed by atoms with E-state index in [-0.39, 0.29) is 41.9 Å². The molecule has 1 N–H and O–H groups in total. The van der Waals surface area contributed by atoms with Gasteiger partial charge in [-0.15, -0.1) is 0 Å². The molecule has 0 unspecified atom stereocenters. The molecule has 10 nitrogen and oxygen atoms in total. The molecule has 0 bridgehead atoms. The standard InChI is InChI=1S/C27H29F4N7O3/c1-36-8-7-21(19(28)15-36)33-20-4-3-5-22-18(20)12-23(38(22)16-27(29,30)31)25-34-24(41-35-25)13-32-26(39)17-6-9-37(14-17)10-11-40-2/h3-6,9,12,14,19H,7-8,10-11,13,15-16H2,1-2H3,(H,32,39)/b33-21+/t19-/m0/s1. The number of carbonyl (C=O) groups excluding carboxylic acids is 1. The molecule has 14 heteroatoms. The van der Waals surface area contributed by atoms with E-state index in [1.807, 2.05) is 16.5 Å². The topological polar surface area (TPSA) is 103 Å². The zero-order valence-electron chi connectivity index (χ0n) is 22.5. The molecule has 1 saturated heterocycles. The number of benzene rings is 1. The van der Waals surface area contributed by atoms with Gasteiger partial charge in [-0.25, -0.2) is 4.39 Å². The summed E-state index contributed by atoms with van der Waals surface area (Å²) >= 11 is 0. The lowest BCUT2D eigenvalue weighted by Crippen LogP contribution is -2.39. The first-order chi connectivity index (χ1) is 19.6. The zero-order chi connectivity index (χ0) is 29.1. The van der Waals surface area contributed by atoms with Crippen LogP contribution in [0.3, 0.4) is 0 Å². The first kappa shape index (κ1) is 28.5. The lowest BCUT2D eigenvalue weighted by Gasteiger charge is -2.26. The number of carbonyl (C=O) groups is 1. The molecular formula is C27H29F4N7O3. The van der Waals surface area contributed by atoms with Gasteiger partial charge in [-0.05, 0) is 31.3 Å². The van der Waals surface area contributed by atoms with Gasteiger partial charge in [0.1, 0.15) is 6.54 Å². The number of amides is 1. The van der Waals surface area contributed by atoms with Crippen LogP contribution >= 0.6 is 0 Å². The predicted molar refractivity (Wildman–Crippen MR) is 143 cm³/mol. The highest BCUT2D eigenvalue weighted by molar-refractivity contribution is 5.99. The number of hydrogen-bond donors (Lipinski definition) is 1. The van der Waals surface area contributed by atoms with Gasteiger partial charge in [-0.1, -0.05) is 11.2 Å². The van der Waals surface area contributed by atoms with Crippen LogP contribution in [-0.4, -0.2) is 82.0 Å². The summed E-state index contributed by atoms with van der Waals surface area (Å²) in [7, 11) is 3.40. The number of methoxy groups -OCH3 is 1. The zero-order valence-corrected chi connectivity index (χ0v) is 22.5. The molecule has 1 amide bonds. The van der Waals surface area contributed by atoms with Crippen LogP contribution in [0.25, 0.3) is 22.4 Å². The van der Waals surface area contributed by atoms with Crippen LogP contribution in [0.5, 0.6) is 0 Å². The number of aromatic nitrogens is 4. The van der Waals surface area contributed by atoms with Crippen molar-refractivity contribution in [2.45, 2.75) is 38.4 Å². The first-order valence-electron chi connectivity index (χ1n) is 13.0. The summed E-state index contributed by atoms with van der Waals surface area (Å²) in [6, 6.07) is 7.91. The molecular weight excluding hydrogens is 546 g/mol. The van der Waals surface area contributed by atoms with Crippen LogP contribution < -0.4 is 5.32 Å². The van der Waals surface area contributed by atoms with Crippen LogP contribution in [0.1, 0.15) is 22.7 Å². The fourth-order valence-electron chi connectivity index (χ4n) is 4.71. The minimum Gasteiger partial charge on any atom is -0.383 e. The van der Waals surface area contributed by atoms with Crippen molar-refractivity contribution in [3.05, 3.63) is 54.2 Å². The van der Waals surface area contributed by atoms with Gasteiger partial charge >= 0.3 is 6.18 Å². The Kier molecular flexibility index (Phi) is 8.22. The maximum atomic E-state index is 14.7. The van der Waals surface area contributed by atoms with E-state index in [0.717, 1.165) is 4.57 Å². The van der Waals surface area contributed by atoms with Crippen LogP contribution in [0.4, 0.5) is 23.2 Å². The number of piperidine rings is 1. The highest BCUT2D eigenvalue weighted by Crippen LogP contribution is 2.35. The third-order valence-electron chi connectivity index (χ3n) is 6.77. The van der Waals surface area contributed by atoms with E-state index in [9.17, 15) is 22.4 Å². The van der Waals surface area contributed by atoms with Crippen molar-refractivity contribution in [2.75, 3.05) is 33.9 Å². The monoisotopic (exact) mass is 575 g/mol. The highest BCUT2D eigenvalue weighted by Gasteiger charge is 2.31. The van der Waals surface area contributed by atoms with Gasteiger partial charge in [0.05, 0.1) is 41.3 Å². The Morgan fingerprint density at radius 1 is 1.29 bits per heavy atom. The molecule has 4 aromatic rings. The Morgan fingerprint density at radius 3 is 2.88 bits per heavy atom. The summed E-state index contributed by atoms with van der Waals surface area (Å²) in [6.07, 6.45) is -1.97. The van der Waals surface area contributed by atoms with Crippen LogP contribution in [0.2, 0.25) is 0 Å². The van der Waals surface area contributed by atoms with Gasteiger partial charge in [-0.2, -0.15) is 18.2 Å². The second-order valence-electron chi connectivity index (χ2n) is 9.85. The SMILES string of the molecule is COCCn1ccc(C(=O)NCc2nc(-c3cc4c(/N=C5\CCN(C)C[C@@H]5F)cccc4n3CC(F)(F)F)no2)c1. The van der Waals surface area contributed by atoms with Crippen molar-refractivity contribution >= 4 is 28.2 Å². The Morgan fingerprint density at radius 2 is 2.12 bits per heavy atom. The van der Waals surface area contributed by atoms with Crippen molar-refractivity contribution in [3.8, 4) is 11.5 Å². The van der Waals surface area contributed by atoms with Gasteiger partial charge < -0.3 is 28.6 Å². The summed E-state index contributed by atoms with van der Waals surface area (Å²) in [6.45, 7) is 0.495. The minimum absolute atomic E-state index is 0.0167. The molecule has 0 saturated carbocycles. The van der Waals surface area contributed by atoms with Crippen molar-refractivity contribution in [1.82, 2.24) is 29.5 Å². The molecule has 218 valence electrons. The van der Waals surface area contributed by atoms with Crippen LogP contribution in [0.15, 0.2) is 52.2 Å². The molecule has 3 aromatic heterocycles. The molecule has 0 aliphatic carbocycles. The van der Waals surface area contributed by atoms with Crippen LogP contribution in [-0.2, 0) is 24.4 Å². The smallest absolute Gasteiger partial charge is 0.383 e. The highest BCUT2D eigenvalue weighted by atomic mass is 19.4. The normalized spacial score (nSPS) is 17.5. The van der Waals surface area contributed by atoms with Gasteiger partial charge in [0, 0.05) is 50.9 Å². The van der Waals surface area contributed by atoms with Crippen molar-refractivity contribution in [1.29, 1.82) is 0 Å². The molecule has 41 heavy (non-hydrogen) atoms. The van der Waals surface area contributed by atoms with E-state index >= 15 is 0 Å². The van der Waals surface area contributed by atoms with Gasteiger partial charge in [0.15, 0.2) is 6.17 Å². The molecule has 1 fully saturated rings. The molecule has 0 spiro atoms. The third-order valence-corrected chi connectivity index (χ3v) is 6.77. The number of nitrogens with zero attached hydrogens (tertiary/aromatic N) is 6. The van der Waals surface area contributed by atoms with Gasteiger partial charge in [0.2, 0.25) is 11.7 Å². The van der Waals surface area contributed by atoms with Gasteiger partial charge in [0.25, 0.3) is 5.91 Å². The Bertz CT molecular complexity index is 1560. The third kappa shape index (κ3) is 6.65. The lowest BCUT2D eigenvalue weighted by molar-refractivity contribution is -0.139. The molecule has 4 heterocycles. The van der Waals surface area contributed by atoms with E-state index in [0.29, 0.717) is 48.5 Å². The van der Waals surface area contributed by atoms with Crippen molar-refractivity contribution in [3.63, 3.8) is 0 Å². The lowest BCUT2D eigenvalue weighted by atomic mass is 10.1. The summed E-state index contributed by atoms with van der Waals surface area (Å²) in [5.74, 6) is -0.444. The Hall–Kier alpha value is -4.04. The maximum Gasteiger partial charge on any atom is 0.406 e. The second kappa shape index (κ2) is 11.8. The average molecular weight is 576 g/mol. The molecule has 1 aromatic carbocycles. The Balaban J connectivity index is 1.41. The summed E-state index contributed by atoms with van der Waals surface area (Å²) in [5.41, 5.74) is 1.44. The fourth-order valence-corrected chi connectivity index (χ4v) is 4.71. The van der Waals surface area contributed by atoms with Crippen LogP contribution in [0, 0.1) is 0 Å². The quantitative estimate of drug-likeness (QED) is 0.297. The van der Waals surface area contributed by atoms with Crippen molar-refractivity contribution in [2.24, 2.45) is 4.99 Å². The number of fused-ring (bicyclic) bond motifs is 1. The molecule has 1 atom stereocenters. The van der Waals surface area contributed by atoms with Crippen molar-refractivity contribution < 1.29 is 31.6 Å². The maximum absolute atomic E-state index is 14.7. The minimum atomic E-state index is -4.54. The number of rotatable bonds is 9. The van der Waals surface area contributed by atoms with E-state index in [2.05, 4.69) is 20.4 Å². The van der Waals surface area contributed by atoms with Gasteiger partial charge in [-0.3, -0.25) is 9.79 Å². The summed E-state index contributed by atoms with van der Waals surface area (Å²) in [4.78, 5) is 23.1. The number of alkyl halides is 4. The Labute approximate surface area is 232 Å². The first-order valence-corrected chi connectivity index (χ1v) is 13.0. The number of aliphatic imine (C=N–C) groups is 1. The number of hydrogen-bond acceptors (Lipinski definition) is 7. The fraction of sp³-hybridized carbons (Fsp3) is 0.407. The molecule has 0 radical (unpaired) electrons. The summed E-state index contributed by atoms with van der Waals surface area (Å²) < 4.78 is 68.7. The largest absolute Gasteiger partial charge is 0.406 e. The number of ether oxygens (including phenoxy) is 1. The molecule has 1 aliphatic heterocycles. The second-order valence-corrected chi connectivity index (χ2v) is 9.85. The number of halogens is 4. The van der Waals surface area contributed by atoms with E-state index < -0.39 is 18.9 Å². The molecule has 1 aliphatic rings. The van der Waals surface area contributed by atoms with E-state index in [4.69, 9.17) is 9.26 Å². The average Bonchev–Trinajstić information content (AvgIpc) is 3.66.